The minimum Gasteiger partial charge on any atom is -0.370 e. The Morgan fingerprint density at radius 1 is 1.15 bits per heavy atom. The smallest absolute Gasteiger partial charge is 0.193 e. The molecule has 0 spiro atoms. The first-order valence-electron chi connectivity index (χ1n) is 6.94. The van der Waals surface area contributed by atoms with Crippen LogP contribution in [-0.2, 0) is 19.4 Å². The number of aliphatic imine (C=N–C) groups is 1. The molecule has 4 heteroatoms. The highest BCUT2D eigenvalue weighted by Gasteiger charge is 1.99. The highest BCUT2D eigenvalue weighted by atomic mass is 32.1. The van der Waals surface area contributed by atoms with Crippen molar-refractivity contribution in [3.63, 3.8) is 0 Å². The first-order valence-corrected chi connectivity index (χ1v) is 7.76. The maximum absolute atomic E-state index is 5.93. The lowest BCUT2D eigenvalue weighted by atomic mass is 10.1. The highest BCUT2D eigenvalue weighted by molar-refractivity contribution is 7.11. The summed E-state index contributed by atoms with van der Waals surface area (Å²) in [5, 5.41) is 3.14. The van der Waals surface area contributed by atoms with Crippen molar-refractivity contribution in [2.24, 2.45) is 10.7 Å². The molecule has 106 valence electrons. The third-order valence-electron chi connectivity index (χ3n) is 3.08. The molecule has 0 fully saturated rings. The number of benzene rings is 1. The van der Waals surface area contributed by atoms with Gasteiger partial charge in [0.05, 0.1) is 6.54 Å². The van der Waals surface area contributed by atoms with E-state index >= 15 is 0 Å². The van der Waals surface area contributed by atoms with E-state index < -0.39 is 0 Å². The van der Waals surface area contributed by atoms with Gasteiger partial charge in [-0.15, -0.1) is 11.3 Å². The molecule has 1 aromatic carbocycles. The average molecular weight is 287 g/mol. The van der Waals surface area contributed by atoms with Crippen LogP contribution in [0.5, 0.6) is 0 Å². The highest BCUT2D eigenvalue weighted by Crippen LogP contribution is 2.17. The topological polar surface area (TPSA) is 50.4 Å². The molecule has 0 saturated heterocycles. The zero-order chi connectivity index (χ0) is 14.4. The SMILES string of the molecule is CCc1cccc(NC(N)=NCc2ccc(CC)s2)c1. The molecular weight excluding hydrogens is 266 g/mol. The van der Waals surface area contributed by atoms with E-state index in [9.17, 15) is 0 Å². The molecule has 0 radical (unpaired) electrons. The number of nitrogens with two attached hydrogens (primary N) is 1. The Morgan fingerprint density at radius 3 is 2.65 bits per heavy atom. The van der Waals surface area contributed by atoms with Crippen LogP contribution >= 0.6 is 11.3 Å². The second-order valence-electron chi connectivity index (χ2n) is 4.60. The van der Waals surface area contributed by atoms with E-state index in [1.165, 1.54) is 15.3 Å². The molecule has 1 heterocycles. The Hall–Kier alpha value is -1.81. The third-order valence-corrected chi connectivity index (χ3v) is 4.29. The second kappa shape index (κ2) is 7.10. The minimum atomic E-state index is 0.463. The lowest BCUT2D eigenvalue weighted by Crippen LogP contribution is -2.22. The first kappa shape index (κ1) is 14.6. The van der Waals surface area contributed by atoms with E-state index in [4.69, 9.17) is 5.73 Å². The Labute approximate surface area is 124 Å². The van der Waals surface area contributed by atoms with E-state index in [-0.39, 0.29) is 0 Å². The van der Waals surface area contributed by atoms with E-state index in [1.54, 1.807) is 11.3 Å². The summed E-state index contributed by atoms with van der Waals surface area (Å²) in [5.74, 6) is 0.463. The summed E-state index contributed by atoms with van der Waals surface area (Å²) in [6, 6.07) is 12.5. The predicted molar refractivity (Wildman–Crippen MR) is 88.5 cm³/mol. The summed E-state index contributed by atoms with van der Waals surface area (Å²) in [7, 11) is 0. The molecule has 0 aliphatic carbocycles. The lowest BCUT2D eigenvalue weighted by molar-refractivity contribution is 1.09. The van der Waals surface area contributed by atoms with Crippen molar-refractivity contribution < 1.29 is 0 Å². The standard InChI is InChI=1S/C16H21N3S/c1-3-12-6-5-7-13(10-12)19-16(17)18-11-15-9-8-14(4-2)20-15/h5-10H,3-4,11H2,1-2H3,(H3,17,18,19). The quantitative estimate of drug-likeness (QED) is 0.649. The van der Waals surface area contributed by atoms with Gasteiger partial charge in [0.25, 0.3) is 0 Å². The van der Waals surface area contributed by atoms with Crippen molar-refractivity contribution in [1.29, 1.82) is 0 Å². The van der Waals surface area contributed by atoms with Crippen LogP contribution in [0.3, 0.4) is 0 Å². The Morgan fingerprint density at radius 2 is 1.95 bits per heavy atom. The van der Waals surface area contributed by atoms with E-state index in [1.807, 2.05) is 12.1 Å². The molecule has 2 rings (SSSR count). The molecule has 1 aromatic heterocycles. The van der Waals surface area contributed by atoms with Gasteiger partial charge in [0.2, 0.25) is 0 Å². The molecule has 0 saturated carbocycles. The summed E-state index contributed by atoms with van der Waals surface area (Å²) in [5.41, 5.74) is 8.21. The van der Waals surface area contributed by atoms with Crippen molar-refractivity contribution >= 4 is 23.0 Å². The van der Waals surface area contributed by atoms with Crippen LogP contribution < -0.4 is 11.1 Å². The predicted octanol–water partition coefficient (Wildman–Crippen LogP) is 3.80. The molecule has 0 aliphatic rings. The number of aryl methyl sites for hydroxylation is 2. The van der Waals surface area contributed by atoms with Crippen molar-refractivity contribution in [1.82, 2.24) is 0 Å². The number of nitrogens with one attached hydrogen (secondary N) is 1. The third kappa shape index (κ3) is 4.10. The number of hydrogen-bond acceptors (Lipinski definition) is 2. The van der Waals surface area contributed by atoms with Gasteiger partial charge >= 0.3 is 0 Å². The van der Waals surface area contributed by atoms with Gasteiger partial charge in [-0.2, -0.15) is 0 Å². The largest absolute Gasteiger partial charge is 0.370 e. The van der Waals surface area contributed by atoms with Crippen LogP contribution in [0.4, 0.5) is 5.69 Å². The van der Waals surface area contributed by atoms with Gasteiger partial charge in [-0.3, -0.25) is 0 Å². The summed E-state index contributed by atoms with van der Waals surface area (Å²) in [6.07, 6.45) is 2.09. The van der Waals surface area contributed by atoms with Gasteiger partial charge in [-0.1, -0.05) is 26.0 Å². The van der Waals surface area contributed by atoms with Crippen molar-refractivity contribution in [3.05, 3.63) is 51.7 Å². The first-order chi connectivity index (χ1) is 9.71. The molecule has 0 amide bonds. The van der Waals surface area contributed by atoms with Gasteiger partial charge in [-0.25, -0.2) is 4.99 Å². The van der Waals surface area contributed by atoms with Crippen LogP contribution in [0.25, 0.3) is 0 Å². The van der Waals surface area contributed by atoms with E-state index in [0.717, 1.165) is 18.5 Å². The maximum Gasteiger partial charge on any atom is 0.193 e. The average Bonchev–Trinajstić information content (AvgIpc) is 2.93. The molecule has 2 aromatic rings. The molecule has 0 aliphatic heterocycles. The molecular formula is C16H21N3S. The maximum atomic E-state index is 5.93. The lowest BCUT2D eigenvalue weighted by Gasteiger charge is -2.06. The monoisotopic (exact) mass is 287 g/mol. The molecule has 3 N–H and O–H groups in total. The molecule has 3 nitrogen and oxygen atoms in total. The van der Waals surface area contributed by atoms with E-state index in [0.29, 0.717) is 12.5 Å². The molecule has 20 heavy (non-hydrogen) atoms. The van der Waals surface area contributed by atoms with Crippen LogP contribution in [0.2, 0.25) is 0 Å². The number of anilines is 1. The fourth-order valence-electron chi connectivity index (χ4n) is 1.92. The molecule has 0 unspecified atom stereocenters. The fourth-order valence-corrected chi connectivity index (χ4v) is 2.80. The van der Waals surface area contributed by atoms with Gasteiger partial charge in [0.1, 0.15) is 0 Å². The van der Waals surface area contributed by atoms with Gasteiger partial charge in [-0.05, 0) is 42.7 Å². The second-order valence-corrected chi connectivity index (χ2v) is 5.85. The zero-order valence-electron chi connectivity index (χ0n) is 12.0. The van der Waals surface area contributed by atoms with Crippen molar-refractivity contribution in [2.45, 2.75) is 33.2 Å². The van der Waals surface area contributed by atoms with E-state index in [2.05, 4.69) is 48.4 Å². The Balaban J connectivity index is 1.96. The normalized spacial score (nSPS) is 11.6. The fraction of sp³-hybridized carbons (Fsp3) is 0.312. The van der Waals surface area contributed by atoms with Crippen LogP contribution in [-0.4, -0.2) is 5.96 Å². The van der Waals surface area contributed by atoms with Crippen LogP contribution in [0, 0.1) is 0 Å². The summed E-state index contributed by atoms with van der Waals surface area (Å²) >= 11 is 1.80. The van der Waals surface area contributed by atoms with Gasteiger partial charge in [0, 0.05) is 15.4 Å². The zero-order valence-corrected chi connectivity index (χ0v) is 12.8. The van der Waals surface area contributed by atoms with Crippen molar-refractivity contribution in [2.75, 3.05) is 5.32 Å². The van der Waals surface area contributed by atoms with Gasteiger partial charge < -0.3 is 11.1 Å². The minimum absolute atomic E-state index is 0.463. The molecule has 0 bridgehead atoms. The molecule has 0 atom stereocenters. The number of nitrogens with zero attached hydrogens (tertiary/aromatic N) is 1. The van der Waals surface area contributed by atoms with Crippen molar-refractivity contribution in [3.8, 4) is 0 Å². The number of hydrogen-bond donors (Lipinski definition) is 2. The number of rotatable bonds is 5. The number of guanidine groups is 1. The Bertz CT molecular complexity index is 587. The summed E-state index contributed by atoms with van der Waals surface area (Å²) < 4.78 is 0. The summed E-state index contributed by atoms with van der Waals surface area (Å²) in [4.78, 5) is 7.02. The number of thiophene rings is 1. The van der Waals surface area contributed by atoms with Gasteiger partial charge in [0.15, 0.2) is 5.96 Å². The summed E-state index contributed by atoms with van der Waals surface area (Å²) in [6.45, 7) is 4.94. The Kier molecular flexibility index (Phi) is 5.18. The van der Waals surface area contributed by atoms with Crippen LogP contribution in [0.15, 0.2) is 41.4 Å². The van der Waals surface area contributed by atoms with Crippen LogP contribution in [0.1, 0.15) is 29.2 Å².